The van der Waals surface area contributed by atoms with Crippen LogP contribution < -0.4 is 20.7 Å². The third-order valence-electron chi connectivity index (χ3n) is 6.55. The first-order chi connectivity index (χ1) is 19.2. The van der Waals surface area contributed by atoms with Crippen molar-refractivity contribution in [1.29, 1.82) is 0 Å². The van der Waals surface area contributed by atoms with Crippen LogP contribution in [0.2, 0.25) is 0 Å². The first kappa shape index (κ1) is 29.6. The smallest absolute Gasteiger partial charge is 0.333 e. The molecule has 3 aromatic heterocycles. The van der Waals surface area contributed by atoms with Gasteiger partial charge in [0.25, 0.3) is 5.69 Å². The van der Waals surface area contributed by atoms with Gasteiger partial charge in [0.1, 0.15) is 23.2 Å². The van der Waals surface area contributed by atoms with E-state index in [2.05, 4.69) is 25.3 Å². The van der Waals surface area contributed by atoms with E-state index >= 15 is 0 Å². The summed E-state index contributed by atoms with van der Waals surface area (Å²) in [5.74, 6) is -0.157. The molecular weight excluding hydrogens is 565 g/mol. The van der Waals surface area contributed by atoms with Gasteiger partial charge in [-0.1, -0.05) is 6.07 Å². The van der Waals surface area contributed by atoms with E-state index in [0.717, 1.165) is 18.9 Å². The van der Waals surface area contributed by atoms with E-state index in [9.17, 15) is 23.3 Å². The van der Waals surface area contributed by atoms with Crippen LogP contribution in [0.3, 0.4) is 0 Å². The van der Waals surface area contributed by atoms with Crippen molar-refractivity contribution in [2.75, 3.05) is 30.4 Å². The van der Waals surface area contributed by atoms with Gasteiger partial charge in [-0.15, -0.1) is 12.4 Å². The molecule has 216 valence electrons. The molecule has 1 atom stereocenters. The first-order valence-corrected chi connectivity index (χ1v) is 12.3. The van der Waals surface area contributed by atoms with Crippen molar-refractivity contribution >= 4 is 35.4 Å². The molecule has 5 rings (SSSR count). The van der Waals surface area contributed by atoms with Crippen molar-refractivity contribution in [3.05, 3.63) is 70.9 Å². The molecule has 4 heterocycles. The topological polar surface area (TPSA) is 137 Å². The maximum Gasteiger partial charge on any atom is 0.333 e. The standard InChI is InChI=1S/C26H25F3N8O3.ClH/c1-40-21-6-2-5-18(27)24(21)25-19(37(38)39)7-8-22(34-25)33-23-10-20(35-9-3-4-16(30)14-35)17(12-31-23)15-11-32-36(13-15)26(28)29;/h2,5-8,10-13,16,26H,3-4,9,14,30H2,1H3,(H,31,33,34);1H/t16-;/m0./s1. The highest BCUT2D eigenvalue weighted by molar-refractivity contribution is 5.85. The predicted octanol–water partition coefficient (Wildman–Crippen LogP) is 5.55. The second-order valence-electron chi connectivity index (χ2n) is 9.19. The van der Waals surface area contributed by atoms with E-state index in [1.807, 2.05) is 0 Å². The number of halogens is 4. The molecule has 15 heteroatoms. The van der Waals surface area contributed by atoms with Gasteiger partial charge in [0.05, 0.1) is 23.8 Å². The van der Waals surface area contributed by atoms with E-state index in [-0.39, 0.29) is 41.3 Å². The van der Waals surface area contributed by atoms with Crippen LogP contribution in [0.15, 0.2) is 55.0 Å². The maximum atomic E-state index is 14.8. The number of nitrogens with one attached hydrogen (secondary N) is 1. The van der Waals surface area contributed by atoms with Crippen LogP contribution in [-0.4, -0.2) is 50.9 Å². The van der Waals surface area contributed by atoms with E-state index in [0.29, 0.717) is 40.4 Å². The number of anilines is 3. The molecule has 0 radical (unpaired) electrons. The Labute approximate surface area is 238 Å². The molecule has 1 aromatic carbocycles. The lowest BCUT2D eigenvalue weighted by molar-refractivity contribution is -0.384. The lowest BCUT2D eigenvalue weighted by atomic mass is 10.0. The Bertz CT molecular complexity index is 1550. The predicted molar refractivity (Wildman–Crippen MR) is 150 cm³/mol. The highest BCUT2D eigenvalue weighted by Gasteiger charge is 2.25. The number of piperidine rings is 1. The fraction of sp³-hybridized carbons (Fsp3) is 0.269. The summed E-state index contributed by atoms with van der Waals surface area (Å²) in [5, 5.41) is 18.5. The molecule has 3 N–H and O–H groups in total. The summed E-state index contributed by atoms with van der Waals surface area (Å²) in [5.41, 5.74) is 7.16. The van der Waals surface area contributed by atoms with E-state index < -0.39 is 23.0 Å². The van der Waals surface area contributed by atoms with Crippen molar-refractivity contribution in [3.8, 4) is 28.1 Å². The number of nitrogens with zero attached hydrogens (tertiary/aromatic N) is 6. The molecule has 0 spiro atoms. The number of alkyl halides is 2. The van der Waals surface area contributed by atoms with Gasteiger partial charge in [-0.25, -0.2) is 19.0 Å². The van der Waals surface area contributed by atoms with Gasteiger partial charge < -0.3 is 20.7 Å². The summed E-state index contributed by atoms with van der Waals surface area (Å²) >= 11 is 0. The zero-order valence-electron chi connectivity index (χ0n) is 21.7. The summed E-state index contributed by atoms with van der Waals surface area (Å²) in [7, 11) is 1.33. The van der Waals surface area contributed by atoms with Crippen LogP contribution in [-0.2, 0) is 0 Å². The number of ether oxygens (including phenoxy) is 1. The molecule has 0 amide bonds. The molecule has 0 unspecified atom stereocenters. The fourth-order valence-electron chi connectivity index (χ4n) is 4.70. The minimum atomic E-state index is -2.79. The van der Waals surface area contributed by atoms with Crippen LogP contribution in [0, 0.1) is 15.9 Å². The Kier molecular flexibility index (Phi) is 8.93. The average Bonchev–Trinajstić information content (AvgIpc) is 3.43. The Morgan fingerprint density at radius 3 is 2.71 bits per heavy atom. The van der Waals surface area contributed by atoms with Crippen LogP contribution >= 0.6 is 12.4 Å². The second kappa shape index (κ2) is 12.4. The monoisotopic (exact) mass is 590 g/mol. The summed E-state index contributed by atoms with van der Waals surface area (Å²) < 4.78 is 47.0. The molecule has 1 aliphatic heterocycles. The van der Waals surface area contributed by atoms with Crippen LogP contribution in [0.4, 0.5) is 36.2 Å². The average molecular weight is 591 g/mol. The zero-order valence-corrected chi connectivity index (χ0v) is 22.5. The Morgan fingerprint density at radius 2 is 2.02 bits per heavy atom. The minimum Gasteiger partial charge on any atom is -0.496 e. The molecule has 0 aliphatic carbocycles. The van der Waals surface area contributed by atoms with E-state index in [4.69, 9.17) is 10.5 Å². The highest BCUT2D eigenvalue weighted by Crippen LogP contribution is 2.39. The first-order valence-electron chi connectivity index (χ1n) is 12.3. The number of aromatic nitrogens is 4. The van der Waals surface area contributed by atoms with E-state index in [1.165, 1.54) is 50.0 Å². The third kappa shape index (κ3) is 6.18. The van der Waals surface area contributed by atoms with Crippen molar-refractivity contribution in [1.82, 2.24) is 19.7 Å². The highest BCUT2D eigenvalue weighted by atomic mass is 35.5. The number of rotatable bonds is 8. The number of methoxy groups -OCH3 is 1. The van der Waals surface area contributed by atoms with Crippen molar-refractivity contribution in [3.63, 3.8) is 0 Å². The Balaban J connectivity index is 0.00000387. The number of nitrogens with two attached hydrogens (primary N) is 1. The van der Waals surface area contributed by atoms with Gasteiger partial charge in [-0.05, 0) is 31.0 Å². The normalized spacial score (nSPS) is 15.0. The van der Waals surface area contributed by atoms with Crippen molar-refractivity contribution < 1.29 is 22.8 Å². The zero-order chi connectivity index (χ0) is 28.4. The second-order valence-corrected chi connectivity index (χ2v) is 9.19. The molecule has 41 heavy (non-hydrogen) atoms. The number of nitro groups is 1. The number of hydrogen-bond acceptors (Lipinski definition) is 9. The molecule has 1 fully saturated rings. The third-order valence-corrected chi connectivity index (χ3v) is 6.55. The molecule has 0 saturated carbocycles. The van der Waals surface area contributed by atoms with Gasteiger partial charge in [-0.3, -0.25) is 10.1 Å². The SMILES string of the molecule is COc1cccc(F)c1-c1nc(Nc2cc(N3CCC[C@H](N)C3)c(-c3cnn(C(F)F)c3)cn2)ccc1[N+](=O)[O-].Cl. The van der Waals surface area contributed by atoms with E-state index in [1.54, 1.807) is 6.07 Å². The van der Waals surface area contributed by atoms with Gasteiger partial charge >= 0.3 is 6.55 Å². The van der Waals surface area contributed by atoms with Gasteiger partial charge in [0.15, 0.2) is 5.69 Å². The molecule has 0 bridgehead atoms. The van der Waals surface area contributed by atoms with Crippen LogP contribution in [0.25, 0.3) is 22.4 Å². The van der Waals surface area contributed by atoms with Gasteiger partial charge in [0.2, 0.25) is 0 Å². The summed E-state index contributed by atoms with van der Waals surface area (Å²) in [6.07, 6.45) is 5.82. The van der Waals surface area contributed by atoms with Crippen molar-refractivity contribution in [2.45, 2.75) is 25.4 Å². The van der Waals surface area contributed by atoms with Crippen LogP contribution in [0.1, 0.15) is 19.4 Å². The summed E-state index contributed by atoms with van der Waals surface area (Å²) in [4.78, 5) is 21.9. The van der Waals surface area contributed by atoms with Gasteiger partial charge in [-0.2, -0.15) is 13.9 Å². The number of hydrogen-bond donors (Lipinski definition) is 2. The number of benzene rings is 1. The molecule has 1 saturated heterocycles. The molecule has 11 nitrogen and oxygen atoms in total. The molecule has 4 aromatic rings. The quantitative estimate of drug-likeness (QED) is 0.200. The number of pyridine rings is 2. The maximum absolute atomic E-state index is 14.8. The molecule has 1 aliphatic rings. The Morgan fingerprint density at radius 1 is 1.22 bits per heavy atom. The lowest BCUT2D eigenvalue weighted by Gasteiger charge is -2.34. The van der Waals surface area contributed by atoms with Gasteiger partial charge in [0, 0.05) is 60.5 Å². The largest absolute Gasteiger partial charge is 0.496 e. The Hall–Kier alpha value is -4.43. The van der Waals surface area contributed by atoms with Crippen molar-refractivity contribution in [2.24, 2.45) is 5.73 Å². The minimum absolute atomic E-state index is 0. The fourth-order valence-corrected chi connectivity index (χ4v) is 4.70. The summed E-state index contributed by atoms with van der Waals surface area (Å²) in [6.45, 7) is -1.54. The summed E-state index contributed by atoms with van der Waals surface area (Å²) in [6, 6.07) is 8.33. The lowest BCUT2D eigenvalue weighted by Crippen LogP contribution is -2.43. The molecular formula is C26H26ClF3N8O3. The van der Waals surface area contributed by atoms with Crippen LogP contribution in [0.5, 0.6) is 5.75 Å².